The summed E-state index contributed by atoms with van der Waals surface area (Å²) < 4.78 is 15.9. The molecule has 0 unspecified atom stereocenters. The third kappa shape index (κ3) is 11.4. The summed E-state index contributed by atoms with van der Waals surface area (Å²) in [5, 5.41) is 0. The molecule has 2 rings (SSSR count). The molecule has 0 fully saturated rings. The minimum atomic E-state index is -0.289. The maximum absolute atomic E-state index is 11.8. The van der Waals surface area contributed by atoms with E-state index in [-0.39, 0.29) is 11.9 Å². The van der Waals surface area contributed by atoms with Crippen LogP contribution in [0.5, 0.6) is 5.75 Å². The summed E-state index contributed by atoms with van der Waals surface area (Å²) in [6.45, 7) is 4.95. The molecule has 2 aromatic carbocycles. The van der Waals surface area contributed by atoms with Gasteiger partial charge in [0, 0.05) is 6.92 Å². The summed E-state index contributed by atoms with van der Waals surface area (Å²) in [6, 6.07) is 15.6. The lowest BCUT2D eigenvalue weighted by molar-refractivity contribution is -0.141. The molecule has 0 radical (unpaired) electrons. The van der Waals surface area contributed by atoms with Crippen molar-refractivity contribution in [3.8, 4) is 16.9 Å². The second kappa shape index (κ2) is 16.7. The van der Waals surface area contributed by atoms with Gasteiger partial charge in [-0.25, -0.2) is 4.79 Å². The molecule has 0 aromatic heterocycles. The minimum Gasteiger partial charge on any atom is -0.494 e. The van der Waals surface area contributed by atoms with Crippen molar-refractivity contribution >= 4 is 11.9 Å². The lowest BCUT2D eigenvalue weighted by Gasteiger charge is -2.08. The van der Waals surface area contributed by atoms with E-state index in [1.165, 1.54) is 51.9 Å². The Kier molecular flexibility index (Phi) is 13.5. The van der Waals surface area contributed by atoms with Crippen molar-refractivity contribution in [2.75, 3.05) is 19.8 Å². The first-order chi connectivity index (χ1) is 16.6. The SMILES string of the molecule is CCOC(=O)c1ccc(-c2ccc(OCCCCCCCCCCCCOC(C)=O)cc2)cc1. The van der Waals surface area contributed by atoms with Gasteiger partial charge < -0.3 is 14.2 Å². The molecule has 0 saturated carbocycles. The Labute approximate surface area is 204 Å². The molecular formula is C29H40O5. The largest absolute Gasteiger partial charge is 0.494 e. The lowest BCUT2D eigenvalue weighted by Crippen LogP contribution is -2.03. The first-order valence-electron chi connectivity index (χ1n) is 12.7. The van der Waals surface area contributed by atoms with Crippen LogP contribution in [-0.2, 0) is 14.3 Å². The number of hydrogen-bond donors (Lipinski definition) is 0. The highest BCUT2D eigenvalue weighted by molar-refractivity contribution is 5.90. The van der Waals surface area contributed by atoms with Gasteiger partial charge in [-0.1, -0.05) is 75.6 Å². The Hall–Kier alpha value is -2.82. The van der Waals surface area contributed by atoms with Crippen molar-refractivity contribution in [2.45, 2.75) is 78.1 Å². The Bertz CT molecular complexity index is 827. The molecule has 5 heteroatoms. The summed E-state index contributed by atoms with van der Waals surface area (Å²) in [6.07, 6.45) is 12.0. The second-order valence-corrected chi connectivity index (χ2v) is 8.55. The predicted molar refractivity (Wildman–Crippen MR) is 136 cm³/mol. The average Bonchev–Trinajstić information content (AvgIpc) is 2.84. The predicted octanol–water partition coefficient (Wildman–Crippen LogP) is 7.37. The number of hydrogen-bond acceptors (Lipinski definition) is 5. The molecule has 0 aliphatic carbocycles. The van der Waals surface area contributed by atoms with Crippen LogP contribution in [-0.4, -0.2) is 31.8 Å². The smallest absolute Gasteiger partial charge is 0.338 e. The zero-order valence-corrected chi connectivity index (χ0v) is 20.9. The zero-order chi connectivity index (χ0) is 24.4. The third-order valence-corrected chi connectivity index (χ3v) is 5.70. The molecular weight excluding hydrogens is 428 g/mol. The topological polar surface area (TPSA) is 61.8 Å². The summed E-state index contributed by atoms with van der Waals surface area (Å²) in [4.78, 5) is 22.4. The third-order valence-electron chi connectivity index (χ3n) is 5.70. The molecule has 34 heavy (non-hydrogen) atoms. The fourth-order valence-electron chi connectivity index (χ4n) is 3.78. The van der Waals surface area contributed by atoms with Crippen LogP contribution in [0.3, 0.4) is 0 Å². The quantitative estimate of drug-likeness (QED) is 0.179. The summed E-state index contributed by atoms with van der Waals surface area (Å²) in [5.41, 5.74) is 2.72. The Morgan fingerprint density at radius 1 is 0.618 bits per heavy atom. The highest BCUT2D eigenvalue weighted by Crippen LogP contribution is 2.23. The van der Waals surface area contributed by atoms with Gasteiger partial charge in [0.25, 0.3) is 0 Å². The molecule has 5 nitrogen and oxygen atoms in total. The van der Waals surface area contributed by atoms with E-state index in [9.17, 15) is 9.59 Å². The van der Waals surface area contributed by atoms with Crippen LogP contribution in [0, 0.1) is 0 Å². The first kappa shape index (κ1) is 27.4. The van der Waals surface area contributed by atoms with Crippen LogP contribution in [0.4, 0.5) is 0 Å². The molecule has 0 spiro atoms. The van der Waals surface area contributed by atoms with Crippen LogP contribution in [0.2, 0.25) is 0 Å². The van der Waals surface area contributed by atoms with E-state index in [0.29, 0.717) is 18.8 Å². The van der Waals surface area contributed by atoms with Crippen molar-refractivity contribution < 1.29 is 23.8 Å². The van der Waals surface area contributed by atoms with E-state index in [0.717, 1.165) is 42.7 Å². The Balaban J connectivity index is 1.50. The molecule has 186 valence electrons. The number of rotatable bonds is 17. The van der Waals surface area contributed by atoms with Gasteiger partial charge in [0.15, 0.2) is 0 Å². The highest BCUT2D eigenvalue weighted by Gasteiger charge is 2.06. The second-order valence-electron chi connectivity index (χ2n) is 8.55. The summed E-state index contributed by atoms with van der Waals surface area (Å²) >= 11 is 0. The highest BCUT2D eigenvalue weighted by atomic mass is 16.5. The van der Waals surface area contributed by atoms with E-state index in [1.54, 1.807) is 19.1 Å². The molecule has 2 aromatic rings. The van der Waals surface area contributed by atoms with Gasteiger partial charge in [0.2, 0.25) is 0 Å². The number of unbranched alkanes of at least 4 members (excludes halogenated alkanes) is 9. The molecule has 0 amide bonds. The first-order valence-corrected chi connectivity index (χ1v) is 12.7. The number of carbonyl (C=O) groups is 2. The van der Waals surface area contributed by atoms with Crippen LogP contribution in [0.15, 0.2) is 48.5 Å². The average molecular weight is 469 g/mol. The monoisotopic (exact) mass is 468 g/mol. The molecule has 0 N–H and O–H groups in total. The molecule has 0 atom stereocenters. The van der Waals surface area contributed by atoms with E-state index in [4.69, 9.17) is 14.2 Å². The number of esters is 2. The van der Waals surface area contributed by atoms with Crippen molar-refractivity contribution in [1.82, 2.24) is 0 Å². The Morgan fingerprint density at radius 2 is 1.09 bits per heavy atom. The molecule has 0 bridgehead atoms. The van der Waals surface area contributed by atoms with Gasteiger partial charge in [0.05, 0.1) is 25.4 Å². The van der Waals surface area contributed by atoms with Crippen molar-refractivity contribution in [2.24, 2.45) is 0 Å². The number of carbonyl (C=O) groups excluding carboxylic acids is 2. The van der Waals surface area contributed by atoms with Gasteiger partial charge in [0.1, 0.15) is 5.75 Å². The minimum absolute atomic E-state index is 0.181. The Morgan fingerprint density at radius 3 is 1.59 bits per heavy atom. The van der Waals surface area contributed by atoms with Crippen LogP contribution in [0.25, 0.3) is 11.1 Å². The molecule has 0 aliphatic rings. The molecule has 0 saturated heterocycles. The fourth-order valence-corrected chi connectivity index (χ4v) is 3.78. The van der Waals surface area contributed by atoms with Gasteiger partial charge in [-0.2, -0.15) is 0 Å². The normalized spacial score (nSPS) is 10.6. The van der Waals surface area contributed by atoms with Crippen LogP contribution >= 0.6 is 0 Å². The van der Waals surface area contributed by atoms with Crippen molar-refractivity contribution in [3.05, 3.63) is 54.1 Å². The standard InChI is InChI=1S/C29H40O5/c1-3-32-29(31)27-16-14-25(15-17-27)26-18-20-28(21-19-26)34-23-13-11-9-7-5-4-6-8-10-12-22-33-24(2)30/h14-21H,3-13,22-23H2,1-2H3. The maximum atomic E-state index is 11.8. The lowest BCUT2D eigenvalue weighted by atomic mass is 10.0. The van der Waals surface area contributed by atoms with Gasteiger partial charge in [-0.15, -0.1) is 0 Å². The van der Waals surface area contributed by atoms with Gasteiger partial charge in [-0.3, -0.25) is 4.79 Å². The van der Waals surface area contributed by atoms with E-state index in [1.807, 2.05) is 36.4 Å². The summed E-state index contributed by atoms with van der Waals surface area (Å²) in [7, 11) is 0. The number of benzene rings is 2. The summed E-state index contributed by atoms with van der Waals surface area (Å²) in [5.74, 6) is 0.419. The van der Waals surface area contributed by atoms with Crippen LogP contribution < -0.4 is 4.74 Å². The van der Waals surface area contributed by atoms with Crippen molar-refractivity contribution in [1.29, 1.82) is 0 Å². The van der Waals surface area contributed by atoms with Crippen molar-refractivity contribution in [3.63, 3.8) is 0 Å². The fraction of sp³-hybridized carbons (Fsp3) is 0.517. The van der Waals surface area contributed by atoms with E-state index >= 15 is 0 Å². The van der Waals surface area contributed by atoms with Gasteiger partial charge in [-0.05, 0) is 55.2 Å². The van der Waals surface area contributed by atoms with Gasteiger partial charge >= 0.3 is 11.9 Å². The van der Waals surface area contributed by atoms with Crippen LogP contribution in [0.1, 0.15) is 88.4 Å². The van der Waals surface area contributed by atoms with E-state index < -0.39 is 0 Å². The molecule has 0 heterocycles. The molecule has 0 aliphatic heterocycles. The maximum Gasteiger partial charge on any atom is 0.338 e. The number of ether oxygens (including phenoxy) is 3. The zero-order valence-electron chi connectivity index (χ0n) is 20.9. The van der Waals surface area contributed by atoms with E-state index in [2.05, 4.69) is 0 Å².